The molecule has 0 amide bonds. The maximum absolute atomic E-state index is 5.86. The summed E-state index contributed by atoms with van der Waals surface area (Å²) >= 11 is 0. The van der Waals surface area contributed by atoms with Crippen molar-refractivity contribution < 1.29 is 4.42 Å². The first-order chi connectivity index (χ1) is 9.70. The minimum absolute atomic E-state index is 0.469. The van der Waals surface area contributed by atoms with Crippen LogP contribution >= 0.6 is 0 Å². The molecule has 6 nitrogen and oxygen atoms in total. The van der Waals surface area contributed by atoms with Crippen molar-refractivity contribution in [1.82, 2.24) is 25.0 Å². The molecule has 0 unspecified atom stereocenters. The van der Waals surface area contributed by atoms with E-state index in [1.54, 1.807) is 6.33 Å². The molecule has 0 atom stereocenters. The summed E-state index contributed by atoms with van der Waals surface area (Å²) in [7, 11) is 0. The predicted octanol–water partition coefficient (Wildman–Crippen LogP) is 1.38. The molecule has 0 fully saturated rings. The molecule has 20 heavy (non-hydrogen) atoms. The molecule has 0 aliphatic carbocycles. The maximum Gasteiger partial charge on any atom is 0.147 e. The molecular formula is C14H21N5O. The van der Waals surface area contributed by atoms with Crippen molar-refractivity contribution in [2.45, 2.75) is 46.1 Å². The van der Waals surface area contributed by atoms with Crippen molar-refractivity contribution in [3.63, 3.8) is 0 Å². The molecule has 6 heteroatoms. The molecule has 3 heterocycles. The van der Waals surface area contributed by atoms with Crippen molar-refractivity contribution in [3.05, 3.63) is 35.8 Å². The average Bonchev–Trinajstić information content (AvgIpc) is 3.04. The Bertz CT molecular complexity index is 559. The molecule has 0 saturated heterocycles. The van der Waals surface area contributed by atoms with Gasteiger partial charge in [0.05, 0.1) is 19.6 Å². The minimum Gasteiger partial charge on any atom is -0.463 e. The van der Waals surface area contributed by atoms with E-state index in [1.165, 1.54) is 0 Å². The second kappa shape index (κ2) is 5.76. The molecule has 1 aliphatic rings. The topological polar surface area (TPSA) is 59.1 Å². The fourth-order valence-electron chi connectivity index (χ4n) is 2.38. The van der Waals surface area contributed by atoms with Crippen LogP contribution in [0.15, 0.2) is 22.9 Å². The van der Waals surface area contributed by atoms with Crippen LogP contribution in [0.3, 0.4) is 0 Å². The lowest BCUT2D eigenvalue weighted by Crippen LogP contribution is -2.33. The van der Waals surface area contributed by atoms with E-state index in [9.17, 15) is 0 Å². The first-order valence-electron chi connectivity index (χ1n) is 7.11. The van der Waals surface area contributed by atoms with Crippen LogP contribution in [0.4, 0.5) is 0 Å². The summed E-state index contributed by atoms with van der Waals surface area (Å²) in [5.74, 6) is 3.04. The van der Waals surface area contributed by atoms with Gasteiger partial charge in [-0.3, -0.25) is 4.90 Å². The van der Waals surface area contributed by atoms with Crippen LogP contribution in [0.25, 0.3) is 0 Å². The molecule has 1 aliphatic heterocycles. The van der Waals surface area contributed by atoms with Crippen LogP contribution in [-0.4, -0.2) is 32.3 Å². The quantitative estimate of drug-likeness (QED) is 0.893. The summed E-state index contributed by atoms with van der Waals surface area (Å²) in [4.78, 5) is 2.34. The third-order valence-corrected chi connectivity index (χ3v) is 3.50. The Morgan fingerprint density at radius 3 is 3.00 bits per heavy atom. The summed E-state index contributed by atoms with van der Waals surface area (Å²) in [6.07, 6.45) is 1.80. The molecule has 3 rings (SSSR count). The zero-order valence-corrected chi connectivity index (χ0v) is 12.0. The number of furan rings is 1. The second-order valence-corrected chi connectivity index (χ2v) is 5.55. The second-order valence-electron chi connectivity index (χ2n) is 5.55. The number of nitrogens with one attached hydrogen (secondary N) is 1. The summed E-state index contributed by atoms with van der Waals surface area (Å²) in [6, 6.07) is 4.59. The molecule has 1 N–H and O–H groups in total. The van der Waals surface area contributed by atoms with E-state index in [0.29, 0.717) is 6.04 Å². The van der Waals surface area contributed by atoms with Crippen molar-refractivity contribution in [2.24, 2.45) is 0 Å². The first kappa shape index (κ1) is 13.3. The lowest BCUT2D eigenvalue weighted by atomic mass is 10.3. The predicted molar refractivity (Wildman–Crippen MR) is 74.8 cm³/mol. The number of rotatable bonds is 5. The Kier molecular flexibility index (Phi) is 3.84. The molecule has 0 aromatic carbocycles. The van der Waals surface area contributed by atoms with Gasteiger partial charge in [-0.1, -0.05) is 13.8 Å². The van der Waals surface area contributed by atoms with Crippen molar-refractivity contribution >= 4 is 0 Å². The van der Waals surface area contributed by atoms with Gasteiger partial charge in [0, 0.05) is 19.1 Å². The highest BCUT2D eigenvalue weighted by molar-refractivity contribution is 5.07. The van der Waals surface area contributed by atoms with Gasteiger partial charge in [-0.2, -0.15) is 0 Å². The number of hydrogen-bond acceptors (Lipinski definition) is 5. The van der Waals surface area contributed by atoms with E-state index in [1.807, 2.05) is 0 Å². The number of fused-ring (bicyclic) bond motifs is 1. The highest BCUT2D eigenvalue weighted by atomic mass is 16.3. The first-order valence-corrected chi connectivity index (χ1v) is 7.11. The Labute approximate surface area is 118 Å². The van der Waals surface area contributed by atoms with Gasteiger partial charge in [0.25, 0.3) is 0 Å². The fourth-order valence-corrected chi connectivity index (χ4v) is 2.38. The zero-order chi connectivity index (χ0) is 13.9. The van der Waals surface area contributed by atoms with E-state index in [4.69, 9.17) is 4.42 Å². The van der Waals surface area contributed by atoms with E-state index in [-0.39, 0.29) is 0 Å². The standard InChI is InChI=1S/C14H21N5O/c1-11(2)15-7-12-3-4-13(20-12)8-18-5-6-19-10-16-17-14(19)9-18/h3-4,10-11,15H,5-9H2,1-2H3. The highest BCUT2D eigenvalue weighted by Gasteiger charge is 2.18. The Balaban J connectivity index is 1.56. The largest absolute Gasteiger partial charge is 0.463 e. The molecule has 108 valence electrons. The maximum atomic E-state index is 5.86. The van der Waals surface area contributed by atoms with E-state index in [2.05, 4.69) is 51.0 Å². The number of hydrogen-bond donors (Lipinski definition) is 1. The van der Waals surface area contributed by atoms with Crippen molar-refractivity contribution in [2.75, 3.05) is 6.54 Å². The van der Waals surface area contributed by atoms with Gasteiger partial charge in [0.1, 0.15) is 23.7 Å². The van der Waals surface area contributed by atoms with Crippen LogP contribution in [0, 0.1) is 0 Å². The van der Waals surface area contributed by atoms with Gasteiger partial charge >= 0.3 is 0 Å². The lowest BCUT2D eigenvalue weighted by Gasteiger charge is -2.25. The normalized spacial score (nSPS) is 15.8. The zero-order valence-electron chi connectivity index (χ0n) is 12.0. The average molecular weight is 275 g/mol. The number of nitrogens with zero attached hydrogens (tertiary/aromatic N) is 4. The molecule has 0 spiro atoms. The molecule has 2 aromatic heterocycles. The molecule has 0 saturated carbocycles. The van der Waals surface area contributed by atoms with Crippen LogP contribution < -0.4 is 5.32 Å². The number of aromatic nitrogens is 3. The third-order valence-electron chi connectivity index (χ3n) is 3.50. The van der Waals surface area contributed by atoms with Gasteiger partial charge in [-0.25, -0.2) is 0 Å². The summed E-state index contributed by atoms with van der Waals surface area (Å²) in [6.45, 7) is 8.67. The summed E-state index contributed by atoms with van der Waals surface area (Å²) < 4.78 is 7.97. The van der Waals surface area contributed by atoms with Crippen LogP contribution in [0.1, 0.15) is 31.2 Å². The van der Waals surface area contributed by atoms with Crippen molar-refractivity contribution in [3.8, 4) is 0 Å². The summed E-state index contributed by atoms with van der Waals surface area (Å²) in [5, 5.41) is 11.4. The van der Waals surface area contributed by atoms with Gasteiger partial charge in [-0.05, 0) is 12.1 Å². The van der Waals surface area contributed by atoms with Gasteiger partial charge < -0.3 is 14.3 Å². The third kappa shape index (κ3) is 3.08. The van der Waals surface area contributed by atoms with E-state index >= 15 is 0 Å². The molecular weight excluding hydrogens is 254 g/mol. The van der Waals surface area contributed by atoms with Crippen LogP contribution in [-0.2, 0) is 26.2 Å². The van der Waals surface area contributed by atoms with Gasteiger partial charge in [-0.15, -0.1) is 10.2 Å². The van der Waals surface area contributed by atoms with Crippen molar-refractivity contribution in [1.29, 1.82) is 0 Å². The molecule has 0 bridgehead atoms. The van der Waals surface area contributed by atoms with E-state index in [0.717, 1.165) is 50.1 Å². The fraction of sp³-hybridized carbons (Fsp3) is 0.571. The SMILES string of the molecule is CC(C)NCc1ccc(CN2CCn3cnnc3C2)o1. The monoisotopic (exact) mass is 275 g/mol. The smallest absolute Gasteiger partial charge is 0.147 e. The molecule has 2 aromatic rings. The van der Waals surface area contributed by atoms with Crippen LogP contribution in [0.5, 0.6) is 0 Å². The minimum atomic E-state index is 0.469. The summed E-state index contributed by atoms with van der Waals surface area (Å²) in [5.41, 5.74) is 0. The van der Waals surface area contributed by atoms with E-state index < -0.39 is 0 Å². The highest BCUT2D eigenvalue weighted by Crippen LogP contribution is 2.15. The van der Waals surface area contributed by atoms with Gasteiger partial charge in [0.15, 0.2) is 0 Å². The van der Waals surface area contributed by atoms with Gasteiger partial charge in [0.2, 0.25) is 0 Å². The Morgan fingerprint density at radius 2 is 2.15 bits per heavy atom. The lowest BCUT2D eigenvalue weighted by molar-refractivity contribution is 0.192. The van der Waals surface area contributed by atoms with Crippen LogP contribution in [0.2, 0.25) is 0 Å². The molecule has 0 radical (unpaired) electrons. The Morgan fingerprint density at radius 1 is 1.30 bits per heavy atom. The Hall–Kier alpha value is -1.66.